The van der Waals surface area contributed by atoms with Crippen LogP contribution in [0.3, 0.4) is 0 Å². The van der Waals surface area contributed by atoms with Crippen LogP contribution in [0.15, 0.2) is 22.6 Å². The topological polar surface area (TPSA) is 50.5 Å². The Bertz CT molecular complexity index is 655. The van der Waals surface area contributed by atoms with Gasteiger partial charge in [0, 0.05) is 19.2 Å². The fourth-order valence-electron chi connectivity index (χ4n) is 4.00. The summed E-state index contributed by atoms with van der Waals surface area (Å²) in [4.78, 5) is 6.94. The lowest BCUT2D eigenvalue weighted by atomic mass is 9.80. The molecule has 1 aromatic heterocycles. The average molecular weight is 315 g/mol. The highest BCUT2D eigenvalue weighted by Crippen LogP contribution is 2.32. The van der Waals surface area contributed by atoms with Gasteiger partial charge in [-0.1, -0.05) is 0 Å². The Balaban J connectivity index is 1.43. The van der Waals surface area contributed by atoms with Crippen LogP contribution in [0.25, 0.3) is 11.1 Å². The Hall–Kier alpha value is -1.75. The van der Waals surface area contributed by atoms with Crippen LogP contribution in [0.5, 0.6) is 5.75 Å². The fraction of sp³-hybridized carbons (Fsp3) is 0.611. The minimum absolute atomic E-state index is 0.758. The summed E-state index contributed by atoms with van der Waals surface area (Å²) in [6, 6.07) is 6.54. The number of fused-ring (bicyclic) bond motifs is 1. The Morgan fingerprint density at radius 3 is 2.83 bits per heavy atom. The van der Waals surface area contributed by atoms with Gasteiger partial charge in [0.05, 0.1) is 7.11 Å². The molecule has 2 saturated heterocycles. The predicted molar refractivity (Wildman–Crippen MR) is 91.1 cm³/mol. The van der Waals surface area contributed by atoms with Crippen molar-refractivity contribution in [3.05, 3.63) is 18.2 Å². The summed E-state index contributed by atoms with van der Waals surface area (Å²) in [5.41, 5.74) is 1.71. The Kier molecular flexibility index (Phi) is 4.12. The van der Waals surface area contributed by atoms with Gasteiger partial charge < -0.3 is 19.4 Å². The molecule has 2 aromatic rings. The van der Waals surface area contributed by atoms with E-state index in [0.29, 0.717) is 0 Å². The smallest absolute Gasteiger partial charge is 0.298 e. The van der Waals surface area contributed by atoms with Crippen LogP contribution < -0.4 is 15.0 Å². The molecule has 1 aromatic carbocycles. The molecule has 0 bridgehead atoms. The number of rotatable bonds is 3. The number of benzene rings is 1. The Morgan fingerprint density at radius 2 is 2.09 bits per heavy atom. The van der Waals surface area contributed by atoms with E-state index in [1.54, 1.807) is 7.11 Å². The maximum absolute atomic E-state index is 5.93. The number of methoxy groups -OCH3 is 1. The van der Waals surface area contributed by atoms with Crippen LogP contribution in [0.1, 0.15) is 25.7 Å². The average Bonchev–Trinajstić information content (AvgIpc) is 3.05. The van der Waals surface area contributed by atoms with Gasteiger partial charge in [-0.2, -0.15) is 4.98 Å². The lowest BCUT2D eigenvalue weighted by molar-refractivity contribution is 0.224. The number of ether oxygens (including phenoxy) is 1. The predicted octanol–water partition coefficient (Wildman–Crippen LogP) is 3.05. The number of nitrogens with one attached hydrogen (secondary N) is 1. The number of piperidine rings is 2. The zero-order valence-electron chi connectivity index (χ0n) is 13.8. The lowest BCUT2D eigenvalue weighted by Gasteiger charge is -2.37. The largest absolute Gasteiger partial charge is 0.497 e. The van der Waals surface area contributed by atoms with Gasteiger partial charge in [0.25, 0.3) is 6.01 Å². The van der Waals surface area contributed by atoms with Crippen LogP contribution in [0.2, 0.25) is 0 Å². The summed E-state index contributed by atoms with van der Waals surface area (Å²) >= 11 is 0. The van der Waals surface area contributed by atoms with Crippen molar-refractivity contribution < 1.29 is 9.15 Å². The quantitative estimate of drug-likeness (QED) is 0.943. The first-order valence-corrected chi connectivity index (χ1v) is 8.74. The summed E-state index contributed by atoms with van der Waals surface area (Å²) in [5, 5.41) is 3.55. The molecule has 0 spiro atoms. The van der Waals surface area contributed by atoms with E-state index in [9.17, 15) is 0 Å². The SMILES string of the molecule is COc1ccc2oc(N3CCC(C4CCCNC4)CC3)nc2c1. The van der Waals surface area contributed by atoms with Crippen molar-refractivity contribution in [1.82, 2.24) is 10.3 Å². The van der Waals surface area contributed by atoms with Gasteiger partial charge in [-0.15, -0.1) is 0 Å². The molecule has 2 fully saturated rings. The molecular weight excluding hydrogens is 290 g/mol. The third kappa shape index (κ3) is 3.02. The summed E-state index contributed by atoms with van der Waals surface area (Å²) in [6.07, 6.45) is 5.21. The summed E-state index contributed by atoms with van der Waals surface area (Å²) in [5.74, 6) is 2.53. The monoisotopic (exact) mass is 315 g/mol. The minimum Gasteiger partial charge on any atom is -0.497 e. The zero-order chi connectivity index (χ0) is 15.6. The molecule has 0 saturated carbocycles. The van der Waals surface area contributed by atoms with E-state index in [1.165, 1.54) is 38.8 Å². The second-order valence-corrected chi connectivity index (χ2v) is 6.76. The molecule has 0 aliphatic carbocycles. The van der Waals surface area contributed by atoms with Crippen LogP contribution in [-0.4, -0.2) is 38.3 Å². The second kappa shape index (κ2) is 6.40. The highest BCUT2D eigenvalue weighted by atomic mass is 16.5. The van der Waals surface area contributed by atoms with Crippen molar-refractivity contribution in [3.63, 3.8) is 0 Å². The molecule has 1 atom stereocenters. The van der Waals surface area contributed by atoms with Crippen LogP contribution >= 0.6 is 0 Å². The van der Waals surface area contributed by atoms with E-state index < -0.39 is 0 Å². The highest BCUT2D eigenvalue weighted by Gasteiger charge is 2.29. The maximum atomic E-state index is 5.93. The molecule has 124 valence electrons. The third-order valence-electron chi connectivity index (χ3n) is 5.40. The van der Waals surface area contributed by atoms with Gasteiger partial charge >= 0.3 is 0 Å². The molecule has 5 nitrogen and oxygen atoms in total. The van der Waals surface area contributed by atoms with E-state index in [2.05, 4.69) is 15.2 Å². The van der Waals surface area contributed by atoms with E-state index in [4.69, 9.17) is 9.15 Å². The number of anilines is 1. The van der Waals surface area contributed by atoms with Gasteiger partial charge in [-0.25, -0.2) is 0 Å². The Morgan fingerprint density at radius 1 is 1.22 bits per heavy atom. The van der Waals surface area contributed by atoms with Gasteiger partial charge in [-0.3, -0.25) is 0 Å². The molecule has 2 aliphatic rings. The summed E-state index contributed by atoms with van der Waals surface area (Å²) in [6.45, 7) is 4.49. The van der Waals surface area contributed by atoms with Crippen molar-refractivity contribution in [3.8, 4) is 5.75 Å². The van der Waals surface area contributed by atoms with Crippen molar-refractivity contribution in [2.45, 2.75) is 25.7 Å². The number of nitrogens with zero attached hydrogens (tertiary/aromatic N) is 2. The molecule has 1 unspecified atom stereocenters. The number of oxazole rings is 1. The van der Waals surface area contributed by atoms with E-state index in [0.717, 1.165) is 47.8 Å². The highest BCUT2D eigenvalue weighted by molar-refractivity contribution is 5.76. The van der Waals surface area contributed by atoms with Crippen molar-refractivity contribution >= 4 is 17.1 Å². The van der Waals surface area contributed by atoms with Gasteiger partial charge in [0.15, 0.2) is 5.58 Å². The standard InChI is InChI=1S/C18H25N3O2/c1-22-15-4-5-17-16(11-15)20-18(23-17)21-9-6-13(7-10-21)14-3-2-8-19-12-14/h4-5,11,13-14,19H,2-3,6-10,12H2,1H3. The lowest BCUT2D eigenvalue weighted by Crippen LogP contribution is -2.41. The minimum atomic E-state index is 0.758. The van der Waals surface area contributed by atoms with Crippen molar-refractivity contribution in [1.29, 1.82) is 0 Å². The third-order valence-corrected chi connectivity index (χ3v) is 5.40. The molecule has 2 aliphatic heterocycles. The van der Waals surface area contributed by atoms with E-state index in [1.807, 2.05) is 18.2 Å². The van der Waals surface area contributed by atoms with E-state index >= 15 is 0 Å². The number of hydrogen-bond acceptors (Lipinski definition) is 5. The zero-order valence-corrected chi connectivity index (χ0v) is 13.8. The summed E-state index contributed by atoms with van der Waals surface area (Å²) < 4.78 is 11.2. The summed E-state index contributed by atoms with van der Waals surface area (Å²) in [7, 11) is 1.67. The molecular formula is C18H25N3O2. The molecule has 3 heterocycles. The fourth-order valence-corrected chi connectivity index (χ4v) is 4.00. The van der Waals surface area contributed by atoms with Crippen molar-refractivity contribution in [2.75, 3.05) is 38.2 Å². The molecule has 1 N–H and O–H groups in total. The first-order valence-electron chi connectivity index (χ1n) is 8.74. The molecule has 5 heteroatoms. The number of hydrogen-bond donors (Lipinski definition) is 1. The normalized spacial score (nSPS) is 23.3. The first kappa shape index (κ1) is 14.8. The second-order valence-electron chi connectivity index (χ2n) is 6.76. The van der Waals surface area contributed by atoms with Crippen LogP contribution in [0, 0.1) is 11.8 Å². The van der Waals surface area contributed by atoms with Crippen molar-refractivity contribution in [2.24, 2.45) is 11.8 Å². The first-order chi connectivity index (χ1) is 11.3. The van der Waals surface area contributed by atoms with Gasteiger partial charge in [-0.05, 0) is 62.7 Å². The molecule has 0 amide bonds. The van der Waals surface area contributed by atoms with Gasteiger partial charge in [0.1, 0.15) is 11.3 Å². The maximum Gasteiger partial charge on any atom is 0.298 e. The van der Waals surface area contributed by atoms with Gasteiger partial charge in [0.2, 0.25) is 0 Å². The van der Waals surface area contributed by atoms with Crippen LogP contribution in [-0.2, 0) is 0 Å². The molecule has 23 heavy (non-hydrogen) atoms. The Labute approximate surface area is 137 Å². The number of aromatic nitrogens is 1. The van der Waals surface area contributed by atoms with Crippen LogP contribution in [0.4, 0.5) is 6.01 Å². The molecule has 4 rings (SSSR count). The molecule has 0 radical (unpaired) electrons. The van der Waals surface area contributed by atoms with E-state index in [-0.39, 0.29) is 0 Å².